The summed E-state index contributed by atoms with van der Waals surface area (Å²) in [6.45, 7) is 0. The van der Waals surface area contributed by atoms with Crippen molar-refractivity contribution in [2.24, 2.45) is 7.05 Å². The number of pyridine rings is 1. The fourth-order valence-corrected chi connectivity index (χ4v) is 0.775. The highest BCUT2D eigenvalue weighted by atomic mass is 19.4. The third-order valence-corrected chi connectivity index (χ3v) is 1.31. The van der Waals surface area contributed by atoms with E-state index in [0.717, 1.165) is 10.6 Å². The third kappa shape index (κ3) is 2.50. The largest absolute Gasteiger partial charge is 0.573 e. The van der Waals surface area contributed by atoms with Gasteiger partial charge in [-0.15, -0.1) is 13.2 Å². The van der Waals surface area contributed by atoms with Gasteiger partial charge in [-0.3, -0.25) is 4.79 Å². The van der Waals surface area contributed by atoms with Crippen LogP contribution in [0.4, 0.5) is 13.2 Å². The first-order chi connectivity index (χ1) is 5.90. The van der Waals surface area contributed by atoms with Gasteiger partial charge in [-0.2, -0.15) is 0 Å². The molecule has 0 aliphatic carbocycles. The Morgan fingerprint density at radius 3 is 2.62 bits per heavy atom. The van der Waals surface area contributed by atoms with Crippen molar-refractivity contribution in [3.05, 3.63) is 28.7 Å². The molecule has 1 aromatic heterocycles. The number of hydrogen-bond acceptors (Lipinski definition) is 2. The number of aromatic nitrogens is 1. The first-order valence-electron chi connectivity index (χ1n) is 3.31. The Kier molecular flexibility index (Phi) is 2.31. The fraction of sp³-hybridized carbons (Fsp3) is 0.286. The highest BCUT2D eigenvalue weighted by molar-refractivity contribution is 5.17. The Morgan fingerprint density at radius 1 is 1.46 bits per heavy atom. The highest BCUT2D eigenvalue weighted by Crippen LogP contribution is 2.18. The quantitative estimate of drug-likeness (QED) is 0.672. The normalized spacial score (nSPS) is 11.4. The zero-order valence-corrected chi connectivity index (χ0v) is 6.63. The van der Waals surface area contributed by atoms with E-state index in [9.17, 15) is 18.0 Å². The van der Waals surface area contributed by atoms with Crippen molar-refractivity contribution in [2.45, 2.75) is 6.36 Å². The molecule has 0 aliphatic heterocycles. The van der Waals surface area contributed by atoms with Crippen LogP contribution in [0.3, 0.4) is 0 Å². The van der Waals surface area contributed by atoms with E-state index in [2.05, 4.69) is 4.74 Å². The van der Waals surface area contributed by atoms with Crippen molar-refractivity contribution in [3.8, 4) is 5.75 Å². The first kappa shape index (κ1) is 9.63. The standard InChI is InChI=1S/C7H6F3NO2/c1-11-4-2-3-5(6(11)12)13-7(8,9)10/h2-4H,1H3. The van der Waals surface area contributed by atoms with E-state index in [1.165, 1.54) is 19.3 Å². The maximum Gasteiger partial charge on any atom is 0.573 e. The summed E-state index contributed by atoms with van der Waals surface area (Å²) in [6.07, 6.45) is -3.49. The smallest absolute Gasteiger partial charge is 0.400 e. The molecule has 72 valence electrons. The van der Waals surface area contributed by atoms with Crippen LogP contribution in [0.5, 0.6) is 5.75 Å². The summed E-state index contributed by atoms with van der Waals surface area (Å²) < 4.78 is 39.5. The van der Waals surface area contributed by atoms with E-state index < -0.39 is 17.7 Å². The van der Waals surface area contributed by atoms with Gasteiger partial charge in [0.1, 0.15) is 0 Å². The summed E-state index contributed by atoms with van der Waals surface area (Å²) in [7, 11) is 1.34. The molecule has 0 amide bonds. The molecule has 0 aliphatic rings. The second-order valence-corrected chi connectivity index (χ2v) is 2.34. The second kappa shape index (κ2) is 3.12. The number of aryl methyl sites for hydroxylation is 1. The molecule has 13 heavy (non-hydrogen) atoms. The molecule has 0 unspecified atom stereocenters. The number of hydrogen-bond donors (Lipinski definition) is 0. The topological polar surface area (TPSA) is 31.2 Å². The summed E-state index contributed by atoms with van der Waals surface area (Å²) in [6, 6.07) is 2.26. The van der Waals surface area contributed by atoms with Gasteiger partial charge in [0, 0.05) is 13.2 Å². The number of alkyl halides is 3. The molecule has 0 radical (unpaired) electrons. The lowest BCUT2D eigenvalue weighted by Crippen LogP contribution is -2.25. The summed E-state index contributed by atoms with van der Waals surface area (Å²) >= 11 is 0. The van der Waals surface area contributed by atoms with E-state index in [-0.39, 0.29) is 0 Å². The SMILES string of the molecule is Cn1cccc(OC(F)(F)F)c1=O. The Morgan fingerprint density at radius 2 is 2.08 bits per heavy atom. The number of rotatable bonds is 1. The molecule has 0 N–H and O–H groups in total. The lowest BCUT2D eigenvalue weighted by Gasteiger charge is -2.08. The Hall–Kier alpha value is -1.46. The lowest BCUT2D eigenvalue weighted by molar-refractivity contribution is -0.275. The molecule has 0 bridgehead atoms. The Labute approximate surface area is 71.4 Å². The van der Waals surface area contributed by atoms with Crippen molar-refractivity contribution in [1.82, 2.24) is 4.57 Å². The zero-order chi connectivity index (χ0) is 10.1. The summed E-state index contributed by atoms with van der Waals surface area (Å²) in [4.78, 5) is 11.0. The van der Waals surface area contributed by atoms with Crippen molar-refractivity contribution < 1.29 is 17.9 Å². The van der Waals surface area contributed by atoms with Gasteiger partial charge in [-0.05, 0) is 12.1 Å². The Bertz CT molecular complexity index is 355. The van der Waals surface area contributed by atoms with Crippen LogP contribution in [0.2, 0.25) is 0 Å². The van der Waals surface area contributed by atoms with Gasteiger partial charge in [-0.25, -0.2) is 0 Å². The third-order valence-electron chi connectivity index (χ3n) is 1.31. The van der Waals surface area contributed by atoms with Gasteiger partial charge in [0.25, 0.3) is 5.56 Å². The second-order valence-electron chi connectivity index (χ2n) is 2.34. The van der Waals surface area contributed by atoms with Crippen LogP contribution in [-0.4, -0.2) is 10.9 Å². The molecule has 0 saturated heterocycles. The predicted molar refractivity (Wildman–Crippen MR) is 38.4 cm³/mol. The monoisotopic (exact) mass is 193 g/mol. The van der Waals surface area contributed by atoms with Crippen molar-refractivity contribution >= 4 is 0 Å². The van der Waals surface area contributed by atoms with Gasteiger partial charge >= 0.3 is 6.36 Å². The van der Waals surface area contributed by atoms with Gasteiger partial charge < -0.3 is 9.30 Å². The van der Waals surface area contributed by atoms with Crippen LogP contribution in [0.1, 0.15) is 0 Å². The summed E-state index contributed by atoms with van der Waals surface area (Å²) in [5.41, 5.74) is -0.820. The molecule has 6 heteroatoms. The number of ether oxygens (including phenoxy) is 1. The van der Waals surface area contributed by atoms with Crippen LogP contribution in [0.25, 0.3) is 0 Å². The molecule has 0 atom stereocenters. The van der Waals surface area contributed by atoms with Gasteiger partial charge in [0.2, 0.25) is 0 Å². The molecule has 0 spiro atoms. The predicted octanol–water partition coefficient (Wildman–Crippen LogP) is 1.28. The average Bonchev–Trinajstić information content (AvgIpc) is 1.96. The van der Waals surface area contributed by atoms with Gasteiger partial charge in [-0.1, -0.05) is 0 Å². The van der Waals surface area contributed by atoms with E-state index in [4.69, 9.17) is 0 Å². The van der Waals surface area contributed by atoms with E-state index in [1.807, 2.05) is 0 Å². The zero-order valence-electron chi connectivity index (χ0n) is 6.63. The number of halogens is 3. The van der Waals surface area contributed by atoms with Crippen LogP contribution < -0.4 is 10.3 Å². The minimum absolute atomic E-state index is 0.725. The minimum atomic E-state index is -4.83. The van der Waals surface area contributed by atoms with E-state index >= 15 is 0 Å². The minimum Gasteiger partial charge on any atom is -0.400 e. The molecule has 1 aromatic rings. The summed E-state index contributed by atoms with van der Waals surface area (Å²) in [5, 5.41) is 0. The molecule has 0 saturated carbocycles. The van der Waals surface area contributed by atoms with Crippen LogP contribution in [0.15, 0.2) is 23.1 Å². The van der Waals surface area contributed by atoms with Crippen LogP contribution in [-0.2, 0) is 7.05 Å². The highest BCUT2D eigenvalue weighted by Gasteiger charge is 2.32. The Balaban J connectivity index is 3.03. The first-order valence-corrected chi connectivity index (χ1v) is 3.31. The van der Waals surface area contributed by atoms with Gasteiger partial charge in [0.15, 0.2) is 5.75 Å². The average molecular weight is 193 g/mol. The maximum absolute atomic E-state index is 11.7. The molecule has 0 fully saturated rings. The molecule has 3 nitrogen and oxygen atoms in total. The van der Waals surface area contributed by atoms with Crippen LogP contribution >= 0.6 is 0 Å². The van der Waals surface area contributed by atoms with Crippen molar-refractivity contribution in [3.63, 3.8) is 0 Å². The lowest BCUT2D eigenvalue weighted by atomic mass is 10.4. The van der Waals surface area contributed by atoms with E-state index in [1.54, 1.807) is 0 Å². The number of nitrogens with zero attached hydrogens (tertiary/aromatic N) is 1. The van der Waals surface area contributed by atoms with Gasteiger partial charge in [0.05, 0.1) is 0 Å². The molecule has 1 rings (SSSR count). The summed E-state index contributed by atoms with van der Waals surface area (Å²) in [5.74, 6) is -0.725. The van der Waals surface area contributed by atoms with E-state index in [0.29, 0.717) is 0 Å². The molecule has 1 heterocycles. The molecule has 0 aromatic carbocycles. The molecular formula is C7H6F3NO2. The molecular weight excluding hydrogens is 187 g/mol. The van der Waals surface area contributed by atoms with Crippen LogP contribution in [0, 0.1) is 0 Å². The fourth-order valence-electron chi connectivity index (χ4n) is 0.775. The van der Waals surface area contributed by atoms with Crippen molar-refractivity contribution in [1.29, 1.82) is 0 Å². The maximum atomic E-state index is 11.7. The van der Waals surface area contributed by atoms with Crippen molar-refractivity contribution in [2.75, 3.05) is 0 Å².